The van der Waals surface area contributed by atoms with E-state index in [0.29, 0.717) is 12.5 Å². The lowest BCUT2D eigenvalue weighted by atomic mass is 9.86. The Morgan fingerprint density at radius 3 is 2.45 bits per heavy atom. The van der Waals surface area contributed by atoms with Crippen LogP contribution < -0.4 is 20.5 Å². The molecule has 5 rings (SSSR count). The molecule has 176 valence electrons. The molecule has 2 amide bonds. The number of urea groups is 1. The Balaban J connectivity index is 1.41. The first kappa shape index (κ1) is 22.2. The fourth-order valence-corrected chi connectivity index (χ4v) is 5.52. The lowest BCUT2D eigenvalue weighted by Gasteiger charge is -2.43. The Labute approximate surface area is 196 Å². The third-order valence-corrected chi connectivity index (χ3v) is 7.69. The van der Waals surface area contributed by atoms with Crippen LogP contribution in [0.1, 0.15) is 36.8 Å². The number of nitrogens with zero attached hydrogens (tertiary/aromatic N) is 3. The predicted molar refractivity (Wildman–Crippen MR) is 131 cm³/mol. The quantitative estimate of drug-likeness (QED) is 0.709. The maximum atomic E-state index is 13.8. The van der Waals surface area contributed by atoms with E-state index in [4.69, 9.17) is 4.74 Å². The SMILES string of the molecule is CCN1CCC2(CC1)CN(c1ccc(C3CNNC3)cc1)C(=O)N2Cc1cccc(OC)c1. The maximum Gasteiger partial charge on any atom is 0.325 e. The zero-order chi connectivity index (χ0) is 22.8. The van der Waals surface area contributed by atoms with Crippen LogP contribution in [0.2, 0.25) is 0 Å². The molecule has 2 N–H and O–H groups in total. The van der Waals surface area contributed by atoms with Crippen LogP contribution in [-0.2, 0) is 6.54 Å². The van der Waals surface area contributed by atoms with E-state index in [0.717, 1.165) is 69.1 Å². The average Bonchev–Trinajstić information content (AvgIpc) is 3.49. The van der Waals surface area contributed by atoms with Crippen molar-refractivity contribution in [2.45, 2.75) is 37.8 Å². The Morgan fingerprint density at radius 2 is 1.79 bits per heavy atom. The van der Waals surface area contributed by atoms with Crippen molar-refractivity contribution in [2.24, 2.45) is 0 Å². The summed E-state index contributed by atoms with van der Waals surface area (Å²) >= 11 is 0. The summed E-state index contributed by atoms with van der Waals surface area (Å²) in [6.07, 6.45) is 2.01. The predicted octanol–water partition coefficient (Wildman–Crippen LogP) is 3.18. The number of hydrazine groups is 1. The van der Waals surface area contributed by atoms with Gasteiger partial charge in [-0.1, -0.05) is 31.2 Å². The van der Waals surface area contributed by atoms with Crippen molar-refractivity contribution in [3.8, 4) is 5.75 Å². The number of rotatable bonds is 6. The second kappa shape index (κ2) is 9.33. The van der Waals surface area contributed by atoms with Gasteiger partial charge in [0.15, 0.2) is 0 Å². The van der Waals surface area contributed by atoms with Crippen LogP contribution in [0.25, 0.3) is 0 Å². The van der Waals surface area contributed by atoms with Crippen molar-refractivity contribution in [1.29, 1.82) is 0 Å². The van der Waals surface area contributed by atoms with E-state index in [1.54, 1.807) is 7.11 Å². The Kier molecular flexibility index (Phi) is 6.27. The second-order valence-electron chi connectivity index (χ2n) is 9.52. The van der Waals surface area contributed by atoms with E-state index >= 15 is 0 Å². The zero-order valence-corrected chi connectivity index (χ0v) is 19.7. The molecule has 2 aromatic carbocycles. The Hall–Kier alpha value is -2.61. The number of benzene rings is 2. The van der Waals surface area contributed by atoms with Crippen LogP contribution in [0.4, 0.5) is 10.5 Å². The van der Waals surface area contributed by atoms with Crippen molar-refractivity contribution in [1.82, 2.24) is 20.7 Å². The molecule has 0 atom stereocenters. The van der Waals surface area contributed by atoms with Crippen molar-refractivity contribution >= 4 is 11.7 Å². The Bertz CT molecular complexity index is 965. The van der Waals surface area contributed by atoms with E-state index in [1.807, 2.05) is 23.1 Å². The van der Waals surface area contributed by atoms with E-state index < -0.39 is 0 Å². The van der Waals surface area contributed by atoms with Crippen LogP contribution in [0.5, 0.6) is 5.75 Å². The van der Waals surface area contributed by atoms with Crippen molar-refractivity contribution in [3.63, 3.8) is 0 Å². The lowest BCUT2D eigenvalue weighted by Crippen LogP contribution is -2.54. The van der Waals surface area contributed by atoms with Crippen molar-refractivity contribution in [2.75, 3.05) is 51.3 Å². The number of ether oxygens (including phenoxy) is 1. The highest BCUT2D eigenvalue weighted by atomic mass is 16.5. The number of likely N-dealkylation sites (tertiary alicyclic amines) is 1. The molecular weight excluding hydrogens is 414 g/mol. The van der Waals surface area contributed by atoms with Crippen LogP contribution in [0.3, 0.4) is 0 Å². The number of nitrogens with one attached hydrogen (secondary N) is 2. The minimum absolute atomic E-state index is 0.111. The highest BCUT2D eigenvalue weighted by Crippen LogP contribution is 2.39. The molecule has 33 heavy (non-hydrogen) atoms. The van der Waals surface area contributed by atoms with Crippen LogP contribution in [0.15, 0.2) is 48.5 Å². The summed E-state index contributed by atoms with van der Waals surface area (Å²) in [5.74, 6) is 1.31. The monoisotopic (exact) mass is 449 g/mol. The van der Waals surface area contributed by atoms with Gasteiger partial charge in [-0.2, -0.15) is 0 Å². The lowest BCUT2D eigenvalue weighted by molar-refractivity contribution is 0.0744. The first-order valence-corrected chi connectivity index (χ1v) is 12.1. The number of piperidine rings is 1. The fourth-order valence-electron chi connectivity index (χ4n) is 5.52. The molecule has 0 bridgehead atoms. The third kappa shape index (κ3) is 4.33. The molecule has 3 saturated heterocycles. The first-order valence-electron chi connectivity index (χ1n) is 12.1. The standard InChI is InChI=1S/C26H35N5O2/c1-3-29-13-11-26(12-14-29)19-30(23-9-7-21(8-10-23)22-16-27-28-17-22)25(32)31(26)18-20-5-4-6-24(15-20)33-2/h4-10,15,22,27-28H,3,11-14,16-19H2,1-2H3. The molecule has 3 fully saturated rings. The van der Waals surface area contributed by atoms with Crippen LogP contribution in [0, 0.1) is 0 Å². The zero-order valence-electron chi connectivity index (χ0n) is 19.7. The molecule has 3 aliphatic heterocycles. The van der Waals surface area contributed by atoms with Gasteiger partial charge in [0, 0.05) is 44.3 Å². The van der Waals surface area contributed by atoms with Gasteiger partial charge in [-0.25, -0.2) is 4.79 Å². The van der Waals surface area contributed by atoms with Crippen LogP contribution in [-0.4, -0.2) is 67.7 Å². The molecule has 0 aliphatic carbocycles. The van der Waals surface area contributed by atoms with E-state index in [2.05, 4.69) is 57.9 Å². The molecule has 0 radical (unpaired) electrons. The number of carbonyl (C=O) groups is 1. The summed E-state index contributed by atoms with van der Waals surface area (Å²) in [5.41, 5.74) is 9.67. The maximum absolute atomic E-state index is 13.8. The number of carbonyl (C=O) groups excluding carboxylic acids is 1. The largest absolute Gasteiger partial charge is 0.497 e. The molecule has 0 unspecified atom stereocenters. The van der Waals surface area contributed by atoms with Gasteiger partial charge in [0.2, 0.25) is 0 Å². The van der Waals surface area contributed by atoms with Gasteiger partial charge in [-0.15, -0.1) is 0 Å². The molecule has 0 saturated carbocycles. The van der Waals surface area contributed by atoms with Crippen LogP contribution >= 0.6 is 0 Å². The Morgan fingerprint density at radius 1 is 1.06 bits per heavy atom. The van der Waals surface area contributed by atoms with Gasteiger partial charge >= 0.3 is 6.03 Å². The number of hydrogen-bond acceptors (Lipinski definition) is 5. The van der Waals surface area contributed by atoms with E-state index in [9.17, 15) is 4.79 Å². The summed E-state index contributed by atoms with van der Waals surface area (Å²) in [5, 5.41) is 0. The fraction of sp³-hybridized carbons (Fsp3) is 0.500. The number of hydrogen-bond donors (Lipinski definition) is 2. The van der Waals surface area contributed by atoms with Gasteiger partial charge in [0.05, 0.1) is 19.2 Å². The summed E-state index contributed by atoms with van der Waals surface area (Å²) in [6.45, 7) is 8.58. The van der Waals surface area contributed by atoms with E-state index in [-0.39, 0.29) is 11.6 Å². The molecule has 3 aliphatic rings. The molecule has 2 aromatic rings. The topological polar surface area (TPSA) is 60.1 Å². The van der Waals surface area contributed by atoms with Gasteiger partial charge in [0.25, 0.3) is 0 Å². The molecule has 0 aromatic heterocycles. The molecule has 7 nitrogen and oxygen atoms in total. The number of amides is 2. The summed E-state index contributed by atoms with van der Waals surface area (Å²) in [7, 11) is 1.69. The average molecular weight is 450 g/mol. The molecular formula is C26H35N5O2. The highest BCUT2D eigenvalue weighted by molar-refractivity contribution is 5.95. The highest BCUT2D eigenvalue weighted by Gasteiger charge is 2.51. The van der Waals surface area contributed by atoms with Crippen molar-refractivity contribution in [3.05, 3.63) is 59.7 Å². The van der Waals surface area contributed by atoms with Gasteiger partial charge in [-0.3, -0.25) is 15.8 Å². The normalized spacial score (nSPS) is 21.3. The minimum Gasteiger partial charge on any atom is -0.497 e. The number of anilines is 1. The second-order valence-corrected chi connectivity index (χ2v) is 9.52. The third-order valence-electron chi connectivity index (χ3n) is 7.69. The van der Waals surface area contributed by atoms with E-state index in [1.165, 1.54) is 5.56 Å². The minimum atomic E-state index is -0.135. The summed E-state index contributed by atoms with van der Waals surface area (Å²) in [6, 6.07) is 16.8. The van der Waals surface area contributed by atoms with Gasteiger partial charge in [0.1, 0.15) is 5.75 Å². The molecule has 1 spiro atoms. The first-order chi connectivity index (χ1) is 16.1. The number of methoxy groups -OCH3 is 1. The molecule has 3 heterocycles. The smallest absolute Gasteiger partial charge is 0.325 e. The summed E-state index contributed by atoms with van der Waals surface area (Å²) in [4.78, 5) is 20.4. The van der Waals surface area contributed by atoms with Crippen molar-refractivity contribution < 1.29 is 9.53 Å². The van der Waals surface area contributed by atoms with Gasteiger partial charge < -0.3 is 14.5 Å². The summed E-state index contributed by atoms with van der Waals surface area (Å²) < 4.78 is 5.43. The molecule has 7 heteroatoms. The van der Waals surface area contributed by atoms with Gasteiger partial charge in [-0.05, 0) is 54.8 Å².